The number of ether oxygens (including phenoxy) is 4. The number of sulfonamides is 2. The molecule has 0 fully saturated rings. The van der Waals surface area contributed by atoms with E-state index in [9.17, 15) is 16.8 Å². The summed E-state index contributed by atoms with van der Waals surface area (Å²) in [5.41, 5.74) is 3.14. The van der Waals surface area contributed by atoms with E-state index in [1.54, 1.807) is 48.1 Å². The molecule has 8 aromatic rings. The van der Waals surface area contributed by atoms with Crippen LogP contribution < -0.4 is 28.4 Å². The number of benzene rings is 4. The number of aromatic nitrogens is 4. The second-order valence-electron chi connectivity index (χ2n) is 14.7. The van der Waals surface area contributed by atoms with Crippen LogP contribution in [0.25, 0.3) is 20.7 Å². The highest BCUT2D eigenvalue weighted by molar-refractivity contribution is 7.99. The highest BCUT2D eigenvalue weighted by Crippen LogP contribution is 2.39. The van der Waals surface area contributed by atoms with E-state index in [0.29, 0.717) is 59.4 Å². The Kier molecular flexibility index (Phi) is 14.1. The molecule has 66 heavy (non-hydrogen) atoms. The number of hydrogen-bond acceptors (Lipinski definition) is 16. The average molecular weight is 999 g/mol. The Morgan fingerprint density at radius 1 is 0.530 bits per heavy atom. The van der Waals surface area contributed by atoms with Crippen LogP contribution in [0.1, 0.15) is 46.1 Å². The Morgan fingerprint density at radius 2 is 0.939 bits per heavy atom. The lowest BCUT2D eigenvalue weighted by Crippen LogP contribution is -2.29. The first kappa shape index (κ1) is 45.8. The number of pyridine rings is 2. The van der Waals surface area contributed by atoms with Crippen LogP contribution in [0.3, 0.4) is 0 Å². The minimum atomic E-state index is -3.91. The summed E-state index contributed by atoms with van der Waals surface area (Å²) in [5, 5.41) is 1.26. The molecule has 0 spiro atoms. The molecule has 2 aliphatic heterocycles. The number of thioether (sulfide) groups is 2. The molecule has 0 bridgehead atoms. The van der Waals surface area contributed by atoms with Crippen molar-refractivity contribution in [3.63, 3.8) is 0 Å². The van der Waals surface area contributed by atoms with E-state index in [2.05, 4.69) is 19.4 Å². The van der Waals surface area contributed by atoms with Gasteiger partial charge in [-0.15, -0.1) is 23.5 Å². The maximum absolute atomic E-state index is 13.5. The number of rotatable bonds is 12. The van der Waals surface area contributed by atoms with Crippen LogP contribution in [0.4, 0.5) is 0 Å². The summed E-state index contributed by atoms with van der Waals surface area (Å²) < 4.78 is 82.5. The molecule has 0 amide bonds. The maximum Gasteiger partial charge on any atom is 0.241 e. The van der Waals surface area contributed by atoms with Crippen molar-refractivity contribution in [2.45, 2.75) is 44.5 Å². The Labute approximate surface area is 398 Å². The quantitative estimate of drug-likeness (QED) is 0.111. The molecule has 0 saturated heterocycles. The second-order valence-corrected chi connectivity index (χ2v) is 21.8. The largest absolute Gasteiger partial charge is 0.490 e. The van der Waals surface area contributed by atoms with Gasteiger partial charge in [-0.05, 0) is 84.3 Å². The molecule has 6 heterocycles. The zero-order chi connectivity index (χ0) is 45.7. The third kappa shape index (κ3) is 10.2. The molecule has 2 atom stereocenters. The van der Waals surface area contributed by atoms with Crippen molar-refractivity contribution in [2.24, 2.45) is 0 Å². The zero-order valence-electron chi connectivity index (χ0n) is 35.4. The first-order chi connectivity index (χ1) is 32.1. The Bertz CT molecular complexity index is 2960. The van der Waals surface area contributed by atoms with Crippen LogP contribution in [-0.4, -0.2) is 75.7 Å². The molecular formula is C46H42N6O8S6. The van der Waals surface area contributed by atoms with E-state index in [-0.39, 0.29) is 9.79 Å². The van der Waals surface area contributed by atoms with E-state index in [1.807, 2.05) is 85.3 Å². The lowest BCUT2D eigenvalue weighted by molar-refractivity contribution is 0.296. The van der Waals surface area contributed by atoms with Crippen molar-refractivity contribution >= 4 is 86.9 Å². The molecule has 4 aromatic carbocycles. The number of hydrogen-bond donors (Lipinski definition) is 2. The molecule has 0 radical (unpaired) electrons. The van der Waals surface area contributed by atoms with Crippen molar-refractivity contribution in [1.82, 2.24) is 29.4 Å². The monoisotopic (exact) mass is 998 g/mol. The normalized spacial score (nSPS) is 14.7. The highest BCUT2D eigenvalue weighted by Gasteiger charge is 2.30. The number of fused-ring (bicyclic) bond motifs is 4. The van der Waals surface area contributed by atoms with Gasteiger partial charge >= 0.3 is 0 Å². The van der Waals surface area contributed by atoms with Gasteiger partial charge in [0.1, 0.15) is 30.7 Å². The van der Waals surface area contributed by atoms with Gasteiger partial charge in [-0.1, -0.05) is 59.1 Å². The third-order valence-corrected chi connectivity index (χ3v) is 16.9. The topological polar surface area (TPSA) is 181 Å². The zero-order valence-corrected chi connectivity index (χ0v) is 40.3. The molecule has 0 unspecified atom stereocenters. The average Bonchev–Trinajstić information content (AvgIpc) is 3.80. The van der Waals surface area contributed by atoms with Crippen LogP contribution >= 0.6 is 46.2 Å². The van der Waals surface area contributed by atoms with E-state index in [0.717, 1.165) is 54.5 Å². The van der Waals surface area contributed by atoms with Gasteiger partial charge in [-0.2, -0.15) is 9.44 Å². The number of nitrogens with zero attached hydrogens (tertiary/aromatic N) is 4. The Morgan fingerprint density at radius 3 is 1.35 bits per heavy atom. The molecule has 2 aliphatic rings. The second kappa shape index (κ2) is 20.3. The molecular weight excluding hydrogens is 957 g/mol. The summed E-state index contributed by atoms with van der Waals surface area (Å²) in [6, 6.07) is 30.9. The molecule has 20 heteroatoms. The van der Waals surface area contributed by atoms with Gasteiger partial charge in [-0.3, -0.25) is 0 Å². The minimum absolute atomic E-state index is 0.109. The third-order valence-electron chi connectivity index (χ3n) is 10.4. The summed E-state index contributed by atoms with van der Waals surface area (Å²) >= 11 is 5.87. The molecule has 10 rings (SSSR count). The predicted molar refractivity (Wildman–Crippen MR) is 260 cm³/mol. The summed E-state index contributed by atoms with van der Waals surface area (Å²) in [6.45, 7) is 2.03. The first-order valence-electron chi connectivity index (χ1n) is 20.6. The van der Waals surface area contributed by atoms with Gasteiger partial charge < -0.3 is 18.9 Å². The lowest BCUT2D eigenvalue weighted by Gasteiger charge is -2.20. The van der Waals surface area contributed by atoms with Crippen LogP contribution in [0, 0.1) is 0 Å². The van der Waals surface area contributed by atoms with E-state index in [1.165, 1.54) is 46.9 Å². The van der Waals surface area contributed by atoms with Crippen LogP contribution in [0.2, 0.25) is 0 Å². The van der Waals surface area contributed by atoms with Crippen molar-refractivity contribution < 1.29 is 35.8 Å². The Hall–Kier alpha value is -5.32. The molecule has 4 aromatic heterocycles. The maximum atomic E-state index is 13.5. The molecule has 14 nitrogen and oxygen atoms in total. The van der Waals surface area contributed by atoms with Gasteiger partial charge in [-0.25, -0.2) is 36.8 Å². The molecule has 340 valence electrons. The summed E-state index contributed by atoms with van der Waals surface area (Å²) in [7, 11) is -7.82. The fraction of sp³-hybridized carbons (Fsp3) is 0.217. The smallest absolute Gasteiger partial charge is 0.241 e. The van der Waals surface area contributed by atoms with Crippen LogP contribution in [0.15, 0.2) is 141 Å². The molecule has 0 aliphatic carbocycles. The lowest BCUT2D eigenvalue weighted by atomic mass is 10.1. The highest BCUT2D eigenvalue weighted by atomic mass is 32.2. The Balaban J connectivity index is 0.000000166. The number of thiazole rings is 2. The molecule has 0 saturated carbocycles. The van der Waals surface area contributed by atoms with Gasteiger partial charge in [0.05, 0.1) is 48.3 Å². The van der Waals surface area contributed by atoms with Crippen molar-refractivity contribution in [1.29, 1.82) is 0 Å². The SMILES string of the molecule is CSc1ccccc1[C@@H](NS(=O)(=O)c1ccc2c(c1)OCCCO2)c1nc2cccnc2s1.CSc1ccccc1[C@H](NS(=O)(=O)c1ccc2c(c1)OCCCO2)c1nc2cccnc2s1. The summed E-state index contributed by atoms with van der Waals surface area (Å²) in [4.78, 5) is 21.8. The van der Waals surface area contributed by atoms with Crippen LogP contribution in [-0.2, 0) is 20.0 Å². The standard InChI is InChI=1S/2C23H21N3O4S3/c2*1-31-20-8-3-2-6-16(20)21(23-25-17-7-4-11-24-22(17)32-23)26-33(27,28)15-9-10-18-19(14-15)30-13-5-12-29-18/h2*2-4,6-11,14,21,26H,5,12-13H2,1H3/t2*21-/m10/s1. The van der Waals surface area contributed by atoms with Gasteiger partial charge in [0.25, 0.3) is 0 Å². The summed E-state index contributed by atoms with van der Waals surface area (Å²) in [5.74, 6) is 1.96. The van der Waals surface area contributed by atoms with Crippen molar-refractivity contribution in [3.05, 3.63) is 143 Å². The molecule has 2 N–H and O–H groups in total. The van der Waals surface area contributed by atoms with Crippen molar-refractivity contribution in [2.75, 3.05) is 38.9 Å². The number of nitrogens with one attached hydrogen (secondary N) is 2. The summed E-state index contributed by atoms with van der Waals surface area (Å²) in [6.07, 6.45) is 8.83. The fourth-order valence-electron chi connectivity index (χ4n) is 7.19. The van der Waals surface area contributed by atoms with E-state index < -0.39 is 32.1 Å². The van der Waals surface area contributed by atoms with Crippen molar-refractivity contribution in [3.8, 4) is 23.0 Å². The predicted octanol–water partition coefficient (Wildman–Crippen LogP) is 9.28. The van der Waals surface area contributed by atoms with E-state index >= 15 is 0 Å². The first-order valence-corrected chi connectivity index (χ1v) is 27.7. The van der Waals surface area contributed by atoms with E-state index in [4.69, 9.17) is 28.9 Å². The minimum Gasteiger partial charge on any atom is -0.490 e. The van der Waals surface area contributed by atoms with Crippen LogP contribution in [0.5, 0.6) is 23.0 Å². The fourth-order valence-corrected chi connectivity index (χ4v) is 13.0. The van der Waals surface area contributed by atoms with Gasteiger partial charge in [0.15, 0.2) is 23.0 Å². The van der Waals surface area contributed by atoms with Gasteiger partial charge in [0, 0.05) is 47.2 Å². The van der Waals surface area contributed by atoms with Gasteiger partial charge in [0.2, 0.25) is 20.0 Å².